The van der Waals surface area contributed by atoms with Crippen molar-refractivity contribution in [2.75, 3.05) is 14.1 Å². The average molecular weight is 367 g/mol. The third-order valence-electron chi connectivity index (χ3n) is 4.47. The largest absolute Gasteiger partial charge is 0.442 e. The van der Waals surface area contributed by atoms with Gasteiger partial charge in [0.05, 0.1) is 18.2 Å². The van der Waals surface area contributed by atoms with E-state index >= 15 is 0 Å². The van der Waals surface area contributed by atoms with Crippen molar-refractivity contribution in [2.45, 2.75) is 71.8 Å². The number of amides is 2. The van der Waals surface area contributed by atoms with Gasteiger partial charge in [0.25, 0.3) is 0 Å². The third-order valence-corrected chi connectivity index (χ3v) is 4.47. The summed E-state index contributed by atoms with van der Waals surface area (Å²) in [6.45, 7) is 10.0. The van der Waals surface area contributed by atoms with E-state index in [1.807, 2.05) is 6.92 Å². The Morgan fingerprint density at radius 3 is 2.54 bits per heavy atom. The maximum atomic E-state index is 12.2. The molecule has 0 aromatic carbocycles. The van der Waals surface area contributed by atoms with Gasteiger partial charge in [0.15, 0.2) is 0 Å². The Morgan fingerprint density at radius 1 is 1.31 bits per heavy atom. The zero-order chi connectivity index (χ0) is 19.9. The molecule has 0 radical (unpaired) electrons. The van der Waals surface area contributed by atoms with Crippen LogP contribution in [0.1, 0.15) is 47.5 Å². The summed E-state index contributed by atoms with van der Waals surface area (Å²) in [5, 5.41) is 3.00. The Bertz CT molecular complexity index is 538. The Kier molecular flexibility index (Phi) is 8.85. The molecule has 0 aromatic heterocycles. The summed E-state index contributed by atoms with van der Waals surface area (Å²) < 4.78 is 11.2. The van der Waals surface area contributed by atoms with Crippen molar-refractivity contribution >= 4 is 12.0 Å². The van der Waals surface area contributed by atoms with E-state index in [4.69, 9.17) is 9.47 Å². The van der Waals surface area contributed by atoms with Gasteiger partial charge in [0, 0.05) is 20.2 Å². The summed E-state index contributed by atoms with van der Waals surface area (Å²) in [7, 11) is 3.23. The van der Waals surface area contributed by atoms with E-state index in [0.717, 1.165) is 12.8 Å². The Morgan fingerprint density at radius 2 is 1.96 bits per heavy atom. The molecule has 1 fully saturated rings. The second-order valence-electron chi connectivity index (χ2n) is 7.57. The molecule has 6 heteroatoms. The maximum Gasteiger partial charge on any atom is 0.409 e. The third kappa shape index (κ3) is 7.60. The van der Waals surface area contributed by atoms with Crippen LogP contribution in [-0.2, 0) is 14.3 Å². The van der Waals surface area contributed by atoms with Crippen molar-refractivity contribution < 1.29 is 19.1 Å². The molecule has 1 aliphatic heterocycles. The Hall–Kier alpha value is -1.82. The number of carbonyl (C=O) groups is 2. The first-order valence-electron chi connectivity index (χ1n) is 9.25. The molecule has 1 rings (SSSR count). The molecule has 5 atom stereocenters. The maximum absolute atomic E-state index is 12.2. The van der Waals surface area contributed by atoms with Crippen LogP contribution in [0.15, 0.2) is 23.8 Å². The van der Waals surface area contributed by atoms with E-state index in [1.54, 1.807) is 27.1 Å². The molecule has 1 N–H and O–H groups in total. The van der Waals surface area contributed by atoms with E-state index in [-0.39, 0.29) is 24.2 Å². The molecule has 0 spiro atoms. The first kappa shape index (κ1) is 22.2. The smallest absolute Gasteiger partial charge is 0.409 e. The molecular formula is C20H34N2O4. The van der Waals surface area contributed by atoms with Crippen LogP contribution in [0.4, 0.5) is 4.79 Å². The van der Waals surface area contributed by atoms with Gasteiger partial charge in [0.2, 0.25) is 5.91 Å². The van der Waals surface area contributed by atoms with Crippen LogP contribution in [0, 0.1) is 5.92 Å². The van der Waals surface area contributed by atoms with E-state index < -0.39 is 12.2 Å². The van der Waals surface area contributed by atoms with E-state index in [0.29, 0.717) is 5.92 Å². The van der Waals surface area contributed by atoms with Gasteiger partial charge in [-0.2, -0.15) is 0 Å². The molecule has 0 bridgehead atoms. The van der Waals surface area contributed by atoms with Gasteiger partial charge >= 0.3 is 6.09 Å². The monoisotopic (exact) mass is 366 g/mol. The molecule has 1 aliphatic rings. The first-order valence-corrected chi connectivity index (χ1v) is 9.25. The van der Waals surface area contributed by atoms with Crippen LogP contribution < -0.4 is 5.32 Å². The van der Waals surface area contributed by atoms with Crippen molar-refractivity contribution in [3.05, 3.63) is 23.8 Å². The number of rotatable bonds is 6. The molecule has 2 amide bonds. The minimum Gasteiger partial charge on any atom is -0.442 e. The normalized spacial score (nSPS) is 26.9. The van der Waals surface area contributed by atoms with Crippen LogP contribution in [0.25, 0.3) is 0 Å². The molecule has 1 heterocycles. The van der Waals surface area contributed by atoms with Gasteiger partial charge in [-0.15, -0.1) is 0 Å². The lowest BCUT2D eigenvalue weighted by atomic mass is 9.88. The Labute approximate surface area is 157 Å². The molecule has 6 nitrogen and oxygen atoms in total. The lowest BCUT2D eigenvalue weighted by Crippen LogP contribution is -2.50. The summed E-state index contributed by atoms with van der Waals surface area (Å²) in [4.78, 5) is 25.0. The number of hydrogen-bond donors (Lipinski definition) is 1. The summed E-state index contributed by atoms with van der Waals surface area (Å²) in [5.41, 5.74) is 1.29. The molecule has 0 aromatic rings. The quantitative estimate of drug-likeness (QED) is 0.579. The molecular weight excluding hydrogens is 332 g/mol. The first-order chi connectivity index (χ1) is 12.1. The molecule has 0 unspecified atom stereocenters. The molecule has 26 heavy (non-hydrogen) atoms. The van der Waals surface area contributed by atoms with Crippen LogP contribution in [0.2, 0.25) is 0 Å². The fourth-order valence-electron chi connectivity index (χ4n) is 2.82. The molecule has 148 valence electrons. The standard InChI is InChI=1S/C20H34N2O4/c1-13(2)8-10-18-14(3)12-17(16(5)26-18)21-19(23)11-9-15(4)25-20(24)22(6)7/h8-9,11,14-18H,10,12H2,1-7H3,(H,21,23)/b11-9-/t14-,15-,16+,17+,18-/m0/s1. The SMILES string of the molecule is CC(C)=CC[C@@H]1O[C@H](C)[C@H](NC(=O)/C=C\[C@H](C)OC(=O)N(C)C)C[C@@H]1C. The minimum absolute atomic E-state index is 0.0234. The number of ether oxygens (including phenoxy) is 2. The highest BCUT2D eigenvalue weighted by atomic mass is 16.6. The van der Waals surface area contributed by atoms with Crippen LogP contribution in [-0.4, -0.2) is 55.3 Å². The zero-order valence-corrected chi connectivity index (χ0v) is 17.1. The van der Waals surface area contributed by atoms with Gasteiger partial charge in [-0.25, -0.2) is 4.79 Å². The number of carbonyl (C=O) groups excluding carboxylic acids is 2. The van der Waals surface area contributed by atoms with Gasteiger partial charge in [0.1, 0.15) is 6.10 Å². The van der Waals surface area contributed by atoms with Crippen LogP contribution in [0.3, 0.4) is 0 Å². The summed E-state index contributed by atoms with van der Waals surface area (Å²) in [6.07, 6.45) is 6.22. The van der Waals surface area contributed by atoms with Crippen molar-refractivity contribution in [1.82, 2.24) is 10.2 Å². The van der Waals surface area contributed by atoms with Crippen LogP contribution in [0.5, 0.6) is 0 Å². The number of hydrogen-bond acceptors (Lipinski definition) is 4. The molecule has 0 aliphatic carbocycles. The number of nitrogens with zero attached hydrogens (tertiary/aromatic N) is 1. The highest BCUT2D eigenvalue weighted by molar-refractivity contribution is 5.87. The second-order valence-corrected chi connectivity index (χ2v) is 7.57. The average Bonchev–Trinajstić information content (AvgIpc) is 2.54. The van der Waals surface area contributed by atoms with Gasteiger partial charge in [-0.05, 0) is 52.5 Å². The lowest BCUT2D eigenvalue weighted by Gasteiger charge is -2.39. The van der Waals surface area contributed by atoms with Crippen LogP contribution >= 0.6 is 0 Å². The highest BCUT2D eigenvalue weighted by Gasteiger charge is 2.33. The minimum atomic E-state index is -0.469. The number of nitrogens with one attached hydrogen (secondary N) is 1. The summed E-state index contributed by atoms with van der Waals surface area (Å²) in [5.74, 6) is 0.171. The number of allylic oxidation sites excluding steroid dienone is 1. The van der Waals surface area contributed by atoms with E-state index in [2.05, 4.69) is 32.2 Å². The fourth-order valence-corrected chi connectivity index (χ4v) is 2.82. The predicted octanol–water partition coefficient (Wildman–Crippen LogP) is 3.28. The Balaban J connectivity index is 2.50. The summed E-state index contributed by atoms with van der Waals surface area (Å²) in [6, 6.07) is -0.0234. The topological polar surface area (TPSA) is 67.9 Å². The van der Waals surface area contributed by atoms with E-state index in [1.165, 1.54) is 16.5 Å². The highest BCUT2D eigenvalue weighted by Crippen LogP contribution is 2.27. The predicted molar refractivity (Wildman–Crippen MR) is 103 cm³/mol. The van der Waals surface area contributed by atoms with Crippen molar-refractivity contribution in [1.29, 1.82) is 0 Å². The molecule has 0 saturated carbocycles. The lowest BCUT2D eigenvalue weighted by molar-refractivity contribution is -0.123. The van der Waals surface area contributed by atoms with Crippen molar-refractivity contribution in [3.8, 4) is 0 Å². The van der Waals surface area contributed by atoms with Crippen molar-refractivity contribution in [3.63, 3.8) is 0 Å². The van der Waals surface area contributed by atoms with Gasteiger partial charge in [-0.3, -0.25) is 4.79 Å². The summed E-state index contributed by atoms with van der Waals surface area (Å²) >= 11 is 0. The fraction of sp³-hybridized carbons (Fsp3) is 0.700. The van der Waals surface area contributed by atoms with Crippen molar-refractivity contribution in [2.24, 2.45) is 5.92 Å². The van der Waals surface area contributed by atoms with E-state index in [9.17, 15) is 9.59 Å². The molecule has 1 saturated heterocycles. The second kappa shape index (κ2) is 10.4. The van der Waals surface area contributed by atoms with Gasteiger partial charge in [-0.1, -0.05) is 18.6 Å². The zero-order valence-electron chi connectivity index (χ0n) is 17.1. The van der Waals surface area contributed by atoms with Gasteiger partial charge < -0.3 is 19.7 Å².